The predicted molar refractivity (Wildman–Crippen MR) is 105 cm³/mol. The summed E-state index contributed by atoms with van der Waals surface area (Å²) in [4.78, 5) is 14.7. The highest BCUT2D eigenvalue weighted by Crippen LogP contribution is 2.30. The minimum absolute atomic E-state index is 0.250. The molecule has 1 amide bonds. The molecule has 27 heavy (non-hydrogen) atoms. The maximum Gasteiger partial charge on any atom is 0.223 e. The molecule has 1 aromatic rings. The molecule has 0 aromatic heterocycles. The Morgan fingerprint density at radius 3 is 2.44 bits per heavy atom. The molecule has 5 heteroatoms. The number of nitrogens with one attached hydrogen (secondary N) is 1. The smallest absolute Gasteiger partial charge is 0.223 e. The van der Waals surface area contributed by atoms with E-state index in [1.165, 1.54) is 57.1 Å². The van der Waals surface area contributed by atoms with Crippen LogP contribution in [0.4, 0.5) is 4.39 Å². The molecule has 2 aliphatic rings. The van der Waals surface area contributed by atoms with Crippen molar-refractivity contribution in [2.45, 2.75) is 76.3 Å². The van der Waals surface area contributed by atoms with Crippen LogP contribution < -0.4 is 10.1 Å². The largest absolute Gasteiger partial charge is 0.492 e. The summed E-state index contributed by atoms with van der Waals surface area (Å²) >= 11 is 0. The molecule has 1 N–H and O–H groups in total. The average Bonchev–Trinajstić information content (AvgIpc) is 3.00. The molecule has 1 saturated carbocycles. The van der Waals surface area contributed by atoms with Crippen LogP contribution in [0.15, 0.2) is 24.3 Å². The fourth-order valence-corrected chi connectivity index (χ4v) is 4.43. The van der Waals surface area contributed by atoms with Crippen molar-refractivity contribution < 1.29 is 13.9 Å². The SMILES string of the molecule is O=C1CC[C@@H](CCNCCOc2ccc(F)cc2)N1C1CCCCCCC1. The fourth-order valence-electron chi connectivity index (χ4n) is 4.43. The number of likely N-dealkylation sites (tertiary alicyclic amines) is 1. The van der Waals surface area contributed by atoms with E-state index in [2.05, 4.69) is 10.2 Å². The lowest BCUT2D eigenvalue weighted by molar-refractivity contribution is -0.131. The third-order valence-electron chi connectivity index (χ3n) is 5.86. The highest BCUT2D eigenvalue weighted by Gasteiger charge is 2.35. The van der Waals surface area contributed by atoms with Crippen LogP contribution >= 0.6 is 0 Å². The number of amides is 1. The first kappa shape index (κ1) is 20.1. The second kappa shape index (κ2) is 10.6. The van der Waals surface area contributed by atoms with Gasteiger partial charge in [0.05, 0.1) is 0 Å². The Kier molecular flexibility index (Phi) is 7.93. The number of hydrogen-bond donors (Lipinski definition) is 1. The summed E-state index contributed by atoms with van der Waals surface area (Å²) in [6.45, 7) is 2.21. The summed E-state index contributed by atoms with van der Waals surface area (Å²) < 4.78 is 18.5. The molecule has 1 aliphatic carbocycles. The van der Waals surface area contributed by atoms with Gasteiger partial charge in [-0.1, -0.05) is 32.1 Å². The standard InChI is InChI=1S/C22H33FN2O2/c23-18-8-11-21(12-9-18)27-17-16-24-15-14-20-10-13-22(26)25(20)19-6-4-2-1-3-5-7-19/h8-9,11-12,19-20,24H,1-7,10,13-17H2/t20-/m0/s1. The van der Waals surface area contributed by atoms with Crippen LogP contribution in [0.3, 0.4) is 0 Å². The van der Waals surface area contributed by atoms with Crippen molar-refractivity contribution in [2.24, 2.45) is 0 Å². The number of halogens is 1. The normalized spacial score (nSPS) is 21.9. The summed E-state index contributed by atoms with van der Waals surface area (Å²) in [6, 6.07) is 6.96. The Bertz CT molecular complexity index is 570. The minimum Gasteiger partial charge on any atom is -0.492 e. The number of hydrogen-bond acceptors (Lipinski definition) is 3. The average molecular weight is 377 g/mol. The van der Waals surface area contributed by atoms with Crippen molar-refractivity contribution in [3.63, 3.8) is 0 Å². The van der Waals surface area contributed by atoms with Crippen molar-refractivity contribution in [2.75, 3.05) is 19.7 Å². The molecule has 1 heterocycles. The van der Waals surface area contributed by atoms with E-state index < -0.39 is 0 Å². The van der Waals surface area contributed by atoms with Gasteiger partial charge in [0.1, 0.15) is 18.2 Å². The molecule has 1 aliphatic heterocycles. The third-order valence-corrected chi connectivity index (χ3v) is 5.86. The first-order chi connectivity index (χ1) is 13.2. The lowest BCUT2D eigenvalue weighted by Crippen LogP contribution is -2.43. The van der Waals surface area contributed by atoms with Gasteiger partial charge in [0, 0.05) is 25.0 Å². The van der Waals surface area contributed by atoms with Gasteiger partial charge in [0.2, 0.25) is 5.91 Å². The Morgan fingerprint density at radius 2 is 1.70 bits per heavy atom. The van der Waals surface area contributed by atoms with Gasteiger partial charge in [-0.2, -0.15) is 0 Å². The summed E-state index contributed by atoms with van der Waals surface area (Å²) in [6.07, 6.45) is 11.6. The summed E-state index contributed by atoms with van der Waals surface area (Å²) in [5.41, 5.74) is 0. The van der Waals surface area contributed by atoms with Gasteiger partial charge < -0.3 is 15.0 Å². The number of nitrogens with zero attached hydrogens (tertiary/aromatic N) is 1. The van der Waals surface area contributed by atoms with Crippen LogP contribution in [-0.4, -0.2) is 42.6 Å². The molecule has 4 nitrogen and oxygen atoms in total. The van der Waals surface area contributed by atoms with Crippen LogP contribution in [0.2, 0.25) is 0 Å². The zero-order chi connectivity index (χ0) is 18.9. The van der Waals surface area contributed by atoms with Crippen LogP contribution in [0, 0.1) is 5.82 Å². The van der Waals surface area contributed by atoms with Crippen LogP contribution in [0.5, 0.6) is 5.75 Å². The van der Waals surface area contributed by atoms with E-state index in [0.717, 1.165) is 32.4 Å². The lowest BCUT2D eigenvalue weighted by atomic mass is 9.95. The molecule has 0 radical (unpaired) electrons. The zero-order valence-electron chi connectivity index (χ0n) is 16.3. The number of carbonyl (C=O) groups is 1. The molecule has 150 valence electrons. The second-order valence-corrected chi connectivity index (χ2v) is 7.83. The molecule has 0 unspecified atom stereocenters. The maximum atomic E-state index is 12.9. The first-order valence-corrected chi connectivity index (χ1v) is 10.6. The Hall–Kier alpha value is -1.62. The van der Waals surface area contributed by atoms with Gasteiger partial charge >= 0.3 is 0 Å². The van der Waals surface area contributed by atoms with Gasteiger partial charge in [0.25, 0.3) is 0 Å². The molecule has 1 saturated heterocycles. The summed E-state index contributed by atoms with van der Waals surface area (Å²) in [5.74, 6) is 0.806. The van der Waals surface area contributed by atoms with Gasteiger partial charge in [0.15, 0.2) is 0 Å². The van der Waals surface area contributed by atoms with Crippen molar-refractivity contribution in [3.8, 4) is 5.75 Å². The van der Waals surface area contributed by atoms with E-state index in [9.17, 15) is 9.18 Å². The molecule has 1 atom stereocenters. The number of rotatable bonds is 8. The van der Waals surface area contributed by atoms with Crippen molar-refractivity contribution in [1.82, 2.24) is 10.2 Å². The van der Waals surface area contributed by atoms with Gasteiger partial charge in [-0.25, -0.2) is 4.39 Å². The quantitative estimate of drug-likeness (QED) is 0.688. The van der Waals surface area contributed by atoms with Crippen molar-refractivity contribution >= 4 is 5.91 Å². The molecule has 2 fully saturated rings. The van der Waals surface area contributed by atoms with E-state index in [1.807, 2.05) is 0 Å². The second-order valence-electron chi connectivity index (χ2n) is 7.83. The minimum atomic E-state index is -0.250. The molecule has 3 rings (SSSR count). The fraction of sp³-hybridized carbons (Fsp3) is 0.682. The molecule has 0 bridgehead atoms. The number of ether oxygens (including phenoxy) is 1. The van der Waals surface area contributed by atoms with Crippen LogP contribution in [0.25, 0.3) is 0 Å². The molecule has 0 spiro atoms. The van der Waals surface area contributed by atoms with E-state index in [1.54, 1.807) is 12.1 Å². The summed E-state index contributed by atoms with van der Waals surface area (Å²) in [7, 11) is 0. The van der Waals surface area contributed by atoms with E-state index >= 15 is 0 Å². The van der Waals surface area contributed by atoms with Crippen LogP contribution in [-0.2, 0) is 4.79 Å². The molecule has 1 aromatic carbocycles. The Labute approximate surface area is 162 Å². The molecular weight excluding hydrogens is 343 g/mol. The molecular formula is C22H33FN2O2. The Balaban J connectivity index is 1.36. The Morgan fingerprint density at radius 1 is 1.00 bits per heavy atom. The predicted octanol–water partition coefficient (Wildman–Crippen LogP) is 4.29. The van der Waals surface area contributed by atoms with Gasteiger partial charge in [-0.15, -0.1) is 0 Å². The third kappa shape index (κ3) is 6.20. The summed E-state index contributed by atoms with van der Waals surface area (Å²) in [5, 5.41) is 3.42. The van der Waals surface area contributed by atoms with Crippen molar-refractivity contribution in [3.05, 3.63) is 30.1 Å². The highest BCUT2D eigenvalue weighted by molar-refractivity contribution is 5.79. The number of carbonyl (C=O) groups excluding carboxylic acids is 1. The topological polar surface area (TPSA) is 41.6 Å². The monoisotopic (exact) mass is 376 g/mol. The van der Waals surface area contributed by atoms with Gasteiger partial charge in [-0.3, -0.25) is 4.79 Å². The number of benzene rings is 1. The lowest BCUT2D eigenvalue weighted by Gasteiger charge is -2.34. The van der Waals surface area contributed by atoms with Crippen molar-refractivity contribution in [1.29, 1.82) is 0 Å². The first-order valence-electron chi connectivity index (χ1n) is 10.6. The van der Waals surface area contributed by atoms with Crippen LogP contribution in [0.1, 0.15) is 64.2 Å². The van der Waals surface area contributed by atoms with E-state index in [4.69, 9.17) is 4.74 Å². The maximum absolute atomic E-state index is 12.9. The highest BCUT2D eigenvalue weighted by atomic mass is 19.1. The van der Waals surface area contributed by atoms with E-state index in [0.29, 0.717) is 30.3 Å². The van der Waals surface area contributed by atoms with E-state index in [-0.39, 0.29) is 5.82 Å². The zero-order valence-corrected chi connectivity index (χ0v) is 16.3. The van der Waals surface area contributed by atoms with Gasteiger partial charge in [-0.05, 0) is 56.5 Å².